The number of methoxy groups -OCH3 is 1. The summed E-state index contributed by atoms with van der Waals surface area (Å²) in [4.78, 5) is 28.4. The number of benzene rings is 2. The van der Waals surface area contributed by atoms with Crippen LogP contribution in [-0.2, 0) is 4.74 Å². The van der Waals surface area contributed by atoms with Gasteiger partial charge in [-0.05, 0) is 24.3 Å². The number of carbonyl (C=O) groups excluding carboxylic acids is 2. The van der Waals surface area contributed by atoms with E-state index in [1.165, 1.54) is 13.5 Å². The lowest BCUT2D eigenvalue weighted by Crippen LogP contribution is -2.16. The first-order chi connectivity index (χ1) is 12.1. The number of para-hydroxylation sites is 1. The second kappa shape index (κ2) is 7.19. The van der Waals surface area contributed by atoms with Gasteiger partial charge in [0.1, 0.15) is 0 Å². The molecule has 126 valence electrons. The smallest absolute Gasteiger partial charge is 0.339 e. The number of rotatable bonds is 4. The fraction of sp³-hybridized carbons (Fsp3) is 0.0556. The number of nitrogens with one attached hydrogen (secondary N) is 1. The van der Waals surface area contributed by atoms with Gasteiger partial charge in [-0.3, -0.25) is 4.79 Å². The molecule has 1 aromatic heterocycles. The van der Waals surface area contributed by atoms with Crippen molar-refractivity contribution in [2.75, 3.05) is 12.4 Å². The monoisotopic (exact) mass is 356 g/mol. The molecule has 2 aromatic carbocycles. The van der Waals surface area contributed by atoms with Gasteiger partial charge in [0.05, 0.1) is 18.4 Å². The third kappa shape index (κ3) is 3.54. The lowest BCUT2D eigenvalue weighted by atomic mass is 10.1. The fourth-order valence-electron chi connectivity index (χ4n) is 2.30. The van der Waals surface area contributed by atoms with Gasteiger partial charge in [-0.25, -0.2) is 9.78 Å². The summed E-state index contributed by atoms with van der Waals surface area (Å²) in [7, 11) is 1.27. The van der Waals surface area contributed by atoms with Gasteiger partial charge >= 0.3 is 5.97 Å². The van der Waals surface area contributed by atoms with E-state index >= 15 is 0 Å². The Morgan fingerprint density at radius 3 is 2.72 bits per heavy atom. The quantitative estimate of drug-likeness (QED) is 0.713. The molecule has 0 aliphatic rings. The minimum Gasteiger partial charge on any atom is -0.465 e. The molecule has 0 atom stereocenters. The minimum atomic E-state index is -0.550. The highest BCUT2D eigenvalue weighted by Gasteiger charge is 2.21. The van der Waals surface area contributed by atoms with Crippen LogP contribution in [-0.4, -0.2) is 24.0 Å². The third-order valence-electron chi connectivity index (χ3n) is 3.45. The normalized spacial score (nSPS) is 10.3. The van der Waals surface area contributed by atoms with E-state index in [1.807, 2.05) is 0 Å². The summed E-state index contributed by atoms with van der Waals surface area (Å²) in [5.74, 6) is -0.776. The van der Waals surface area contributed by atoms with Crippen molar-refractivity contribution in [3.8, 4) is 11.3 Å². The summed E-state index contributed by atoms with van der Waals surface area (Å²) in [6, 6.07) is 13.4. The molecule has 6 nitrogen and oxygen atoms in total. The number of amides is 1. The summed E-state index contributed by atoms with van der Waals surface area (Å²) in [5, 5.41) is 3.17. The number of ether oxygens (including phenoxy) is 1. The topological polar surface area (TPSA) is 81.4 Å². The molecule has 3 aromatic rings. The number of hydrogen-bond donors (Lipinski definition) is 1. The first-order valence-electron chi connectivity index (χ1n) is 7.28. The summed E-state index contributed by atoms with van der Waals surface area (Å²) >= 11 is 5.98. The van der Waals surface area contributed by atoms with E-state index < -0.39 is 11.9 Å². The molecule has 1 amide bonds. The van der Waals surface area contributed by atoms with Crippen molar-refractivity contribution in [1.82, 2.24) is 4.98 Å². The number of halogens is 1. The second-order valence-electron chi connectivity index (χ2n) is 5.03. The Bertz CT molecular complexity index is 936. The van der Waals surface area contributed by atoms with Crippen LogP contribution in [0.2, 0.25) is 5.02 Å². The van der Waals surface area contributed by atoms with Gasteiger partial charge in [0.15, 0.2) is 17.8 Å². The van der Waals surface area contributed by atoms with E-state index in [1.54, 1.807) is 48.5 Å². The van der Waals surface area contributed by atoms with Crippen molar-refractivity contribution in [2.24, 2.45) is 0 Å². The summed E-state index contributed by atoms with van der Waals surface area (Å²) in [6.07, 6.45) is 1.18. The Labute approximate surface area is 148 Å². The minimum absolute atomic E-state index is 0.0851. The highest BCUT2D eigenvalue weighted by molar-refractivity contribution is 6.30. The Hall–Kier alpha value is -3.12. The molecule has 0 aliphatic carbocycles. The van der Waals surface area contributed by atoms with Crippen LogP contribution in [0.25, 0.3) is 11.3 Å². The second-order valence-corrected chi connectivity index (χ2v) is 5.47. The van der Waals surface area contributed by atoms with Gasteiger partial charge in [-0.2, -0.15) is 0 Å². The molecule has 1 N–H and O–H groups in total. The maximum absolute atomic E-state index is 12.6. The average Bonchev–Trinajstić information content (AvgIpc) is 3.11. The molecule has 0 spiro atoms. The molecule has 0 fully saturated rings. The van der Waals surface area contributed by atoms with Gasteiger partial charge in [0, 0.05) is 10.6 Å². The molecular weight excluding hydrogens is 344 g/mol. The first kappa shape index (κ1) is 16.7. The van der Waals surface area contributed by atoms with E-state index in [9.17, 15) is 9.59 Å². The Balaban J connectivity index is 1.92. The van der Waals surface area contributed by atoms with E-state index in [4.69, 9.17) is 20.8 Å². The number of nitrogens with zero attached hydrogens (tertiary/aromatic N) is 1. The third-order valence-corrected chi connectivity index (χ3v) is 3.68. The zero-order valence-electron chi connectivity index (χ0n) is 13.2. The van der Waals surface area contributed by atoms with Crippen molar-refractivity contribution < 1.29 is 18.7 Å². The lowest BCUT2D eigenvalue weighted by molar-refractivity contribution is 0.0602. The van der Waals surface area contributed by atoms with Crippen LogP contribution in [0.1, 0.15) is 20.8 Å². The van der Waals surface area contributed by atoms with Gasteiger partial charge in [0.25, 0.3) is 5.91 Å². The number of aromatic nitrogens is 1. The molecule has 1 heterocycles. The predicted octanol–water partition coefficient (Wildman–Crippen LogP) is 4.03. The highest BCUT2D eigenvalue weighted by Crippen LogP contribution is 2.26. The lowest BCUT2D eigenvalue weighted by Gasteiger charge is -2.09. The standard InChI is InChI=1S/C18H13ClN2O4/c1-24-18(23)13-7-2-3-8-14(13)21-17(22)15-16(25-10-20-15)11-5-4-6-12(19)9-11/h2-10H,1H3,(H,21,22). The molecular formula is C18H13ClN2O4. The summed E-state index contributed by atoms with van der Waals surface area (Å²) < 4.78 is 10.1. The molecule has 0 unspecified atom stereocenters. The SMILES string of the molecule is COC(=O)c1ccccc1NC(=O)c1ncoc1-c1cccc(Cl)c1. The first-order valence-corrected chi connectivity index (χ1v) is 7.66. The molecule has 25 heavy (non-hydrogen) atoms. The van der Waals surface area contributed by atoms with Crippen LogP contribution in [0.4, 0.5) is 5.69 Å². The Morgan fingerprint density at radius 2 is 1.96 bits per heavy atom. The summed E-state index contributed by atoms with van der Waals surface area (Å²) in [5.41, 5.74) is 1.27. The number of hydrogen-bond acceptors (Lipinski definition) is 5. The van der Waals surface area contributed by atoms with Crippen molar-refractivity contribution >= 4 is 29.2 Å². The van der Waals surface area contributed by atoms with Gasteiger partial charge < -0.3 is 14.5 Å². The van der Waals surface area contributed by atoms with E-state index in [2.05, 4.69) is 10.3 Å². The van der Waals surface area contributed by atoms with Gasteiger partial charge in [-0.1, -0.05) is 35.9 Å². The van der Waals surface area contributed by atoms with Crippen molar-refractivity contribution in [3.63, 3.8) is 0 Å². The van der Waals surface area contributed by atoms with Crippen LogP contribution < -0.4 is 5.32 Å². The zero-order chi connectivity index (χ0) is 17.8. The van der Waals surface area contributed by atoms with Crippen LogP contribution in [0, 0.1) is 0 Å². The number of esters is 1. The predicted molar refractivity (Wildman–Crippen MR) is 92.7 cm³/mol. The molecule has 0 bridgehead atoms. The van der Waals surface area contributed by atoms with Gasteiger partial charge in [-0.15, -0.1) is 0 Å². The van der Waals surface area contributed by atoms with Crippen LogP contribution in [0.15, 0.2) is 59.3 Å². The zero-order valence-corrected chi connectivity index (χ0v) is 13.9. The van der Waals surface area contributed by atoms with Crippen molar-refractivity contribution in [3.05, 3.63) is 71.2 Å². The molecule has 0 saturated carbocycles. The molecule has 0 saturated heterocycles. The average molecular weight is 357 g/mol. The van der Waals surface area contributed by atoms with Crippen molar-refractivity contribution in [1.29, 1.82) is 0 Å². The Morgan fingerprint density at radius 1 is 1.16 bits per heavy atom. The van der Waals surface area contributed by atoms with Gasteiger partial charge in [0.2, 0.25) is 0 Å². The molecule has 7 heteroatoms. The fourth-order valence-corrected chi connectivity index (χ4v) is 2.49. The van der Waals surface area contributed by atoms with Crippen LogP contribution in [0.5, 0.6) is 0 Å². The van der Waals surface area contributed by atoms with Crippen LogP contribution >= 0.6 is 11.6 Å². The van der Waals surface area contributed by atoms with Crippen LogP contribution in [0.3, 0.4) is 0 Å². The maximum Gasteiger partial charge on any atom is 0.339 e. The number of oxazole rings is 1. The Kier molecular flexibility index (Phi) is 4.81. The molecule has 3 rings (SSSR count). The van der Waals surface area contributed by atoms with E-state index in [0.29, 0.717) is 16.3 Å². The highest BCUT2D eigenvalue weighted by atomic mass is 35.5. The largest absolute Gasteiger partial charge is 0.465 e. The summed E-state index contributed by atoms with van der Waals surface area (Å²) in [6.45, 7) is 0. The molecule has 0 aliphatic heterocycles. The van der Waals surface area contributed by atoms with E-state index in [0.717, 1.165) is 0 Å². The number of anilines is 1. The maximum atomic E-state index is 12.6. The number of carbonyl (C=O) groups is 2. The van der Waals surface area contributed by atoms with E-state index in [-0.39, 0.29) is 17.0 Å². The van der Waals surface area contributed by atoms with Crippen molar-refractivity contribution in [2.45, 2.75) is 0 Å². The molecule has 0 radical (unpaired) electrons.